The quantitative estimate of drug-likeness (QED) is 0.552. The van der Waals surface area contributed by atoms with Crippen molar-refractivity contribution in [2.24, 2.45) is 17.3 Å². The van der Waals surface area contributed by atoms with Crippen LogP contribution in [0.1, 0.15) is 40.5 Å². The average molecular weight is 204 g/mol. The van der Waals surface area contributed by atoms with Crippen LogP contribution in [0.15, 0.2) is 23.3 Å². The molecule has 0 saturated heterocycles. The van der Waals surface area contributed by atoms with Crippen LogP contribution < -0.4 is 0 Å². The molecule has 0 radical (unpaired) electrons. The lowest BCUT2D eigenvalue weighted by atomic mass is 9.60. The second-order valence-corrected chi connectivity index (χ2v) is 5.66. The Kier molecular flexibility index (Phi) is 2.37. The predicted molar refractivity (Wildman–Crippen MR) is 62.5 cm³/mol. The molecule has 0 unspecified atom stereocenters. The molecule has 0 spiro atoms. The van der Waals surface area contributed by atoms with Gasteiger partial charge < -0.3 is 0 Å². The van der Waals surface area contributed by atoms with Crippen molar-refractivity contribution in [1.82, 2.24) is 0 Å². The third-order valence-electron chi connectivity index (χ3n) is 4.16. The summed E-state index contributed by atoms with van der Waals surface area (Å²) in [5, 5.41) is 0. The Morgan fingerprint density at radius 3 is 2.67 bits per heavy atom. The van der Waals surface area contributed by atoms with E-state index in [-0.39, 0.29) is 5.41 Å². The first kappa shape index (κ1) is 10.7. The van der Waals surface area contributed by atoms with Gasteiger partial charge >= 0.3 is 0 Å². The first-order chi connectivity index (χ1) is 6.93. The summed E-state index contributed by atoms with van der Waals surface area (Å²) in [5.41, 5.74) is 2.53. The van der Waals surface area contributed by atoms with Gasteiger partial charge in [-0.25, -0.2) is 0 Å². The molecule has 82 valence electrons. The van der Waals surface area contributed by atoms with Gasteiger partial charge in [-0.3, -0.25) is 4.79 Å². The van der Waals surface area contributed by atoms with Crippen molar-refractivity contribution >= 4 is 5.78 Å². The predicted octanol–water partition coefficient (Wildman–Crippen LogP) is 3.51. The SMILES string of the molecule is CC1=C[C@H]2[C@@H](CC1)C(C)=CC(=O)C2(C)C. The molecule has 15 heavy (non-hydrogen) atoms. The second kappa shape index (κ2) is 3.33. The van der Waals surface area contributed by atoms with Gasteiger partial charge in [-0.05, 0) is 44.6 Å². The third kappa shape index (κ3) is 1.58. The average Bonchev–Trinajstić information content (AvgIpc) is 2.15. The number of carbonyl (C=O) groups is 1. The Labute approximate surface area is 92.3 Å². The van der Waals surface area contributed by atoms with Crippen molar-refractivity contribution in [3.8, 4) is 0 Å². The molecule has 2 rings (SSSR count). The molecule has 0 amide bonds. The maximum absolute atomic E-state index is 12.0. The van der Waals surface area contributed by atoms with E-state index < -0.39 is 0 Å². The van der Waals surface area contributed by atoms with E-state index in [0.717, 1.165) is 0 Å². The lowest BCUT2D eigenvalue weighted by Crippen LogP contribution is -2.41. The van der Waals surface area contributed by atoms with Crippen LogP contribution in [0.4, 0.5) is 0 Å². The molecular formula is C14H20O. The number of carbonyl (C=O) groups excluding carboxylic acids is 1. The molecule has 0 N–H and O–H groups in total. The lowest BCUT2D eigenvalue weighted by molar-refractivity contribution is -0.125. The van der Waals surface area contributed by atoms with E-state index in [1.165, 1.54) is 24.0 Å². The minimum Gasteiger partial charge on any atom is -0.294 e. The number of rotatable bonds is 0. The summed E-state index contributed by atoms with van der Waals surface area (Å²) in [4.78, 5) is 12.0. The van der Waals surface area contributed by atoms with Gasteiger partial charge in [0.15, 0.2) is 5.78 Å². The summed E-state index contributed by atoms with van der Waals surface area (Å²) >= 11 is 0. The lowest BCUT2D eigenvalue weighted by Gasteiger charge is -2.43. The van der Waals surface area contributed by atoms with Crippen molar-refractivity contribution in [3.63, 3.8) is 0 Å². The van der Waals surface area contributed by atoms with Crippen molar-refractivity contribution in [3.05, 3.63) is 23.3 Å². The van der Waals surface area contributed by atoms with Gasteiger partial charge in [0.1, 0.15) is 0 Å². The smallest absolute Gasteiger partial charge is 0.161 e. The van der Waals surface area contributed by atoms with E-state index >= 15 is 0 Å². The molecule has 0 aromatic carbocycles. The van der Waals surface area contributed by atoms with Gasteiger partial charge in [0.25, 0.3) is 0 Å². The highest BCUT2D eigenvalue weighted by Crippen LogP contribution is 2.47. The standard InChI is InChI=1S/C14H20O/c1-9-5-6-11-10(2)8-13(15)14(3,4)12(11)7-9/h7-8,11-12H,5-6H2,1-4H3/t11-,12-/m0/s1. The van der Waals surface area contributed by atoms with Crippen LogP contribution in [0.2, 0.25) is 0 Å². The Bertz CT molecular complexity index is 358. The Hall–Kier alpha value is -0.850. The van der Waals surface area contributed by atoms with E-state index in [0.29, 0.717) is 17.6 Å². The minimum absolute atomic E-state index is 0.203. The maximum atomic E-state index is 12.0. The molecule has 0 aromatic rings. The maximum Gasteiger partial charge on any atom is 0.161 e. The number of ketones is 1. The zero-order valence-electron chi connectivity index (χ0n) is 10.1. The van der Waals surface area contributed by atoms with Crippen LogP contribution in [-0.2, 0) is 4.79 Å². The van der Waals surface area contributed by atoms with Crippen LogP contribution >= 0.6 is 0 Å². The fourth-order valence-electron chi connectivity index (χ4n) is 2.96. The number of allylic oxidation sites excluding steroid dienone is 4. The Balaban J connectivity index is 2.47. The topological polar surface area (TPSA) is 17.1 Å². The van der Waals surface area contributed by atoms with Crippen molar-refractivity contribution in [2.45, 2.75) is 40.5 Å². The highest BCUT2D eigenvalue weighted by Gasteiger charge is 2.43. The van der Waals surface area contributed by atoms with E-state index in [1.807, 2.05) is 6.08 Å². The van der Waals surface area contributed by atoms with Gasteiger partial charge in [0.2, 0.25) is 0 Å². The van der Waals surface area contributed by atoms with Crippen LogP contribution in [-0.4, -0.2) is 5.78 Å². The van der Waals surface area contributed by atoms with E-state index in [1.54, 1.807) is 0 Å². The molecule has 0 saturated carbocycles. The fraction of sp³-hybridized carbons (Fsp3) is 0.643. The van der Waals surface area contributed by atoms with Crippen LogP contribution in [0.5, 0.6) is 0 Å². The molecular weight excluding hydrogens is 184 g/mol. The largest absolute Gasteiger partial charge is 0.294 e. The molecule has 2 aliphatic rings. The van der Waals surface area contributed by atoms with Crippen molar-refractivity contribution in [2.75, 3.05) is 0 Å². The van der Waals surface area contributed by atoms with Gasteiger partial charge in [0.05, 0.1) is 0 Å². The second-order valence-electron chi connectivity index (χ2n) is 5.66. The number of hydrogen-bond donors (Lipinski definition) is 0. The molecule has 0 aromatic heterocycles. The Morgan fingerprint density at radius 1 is 1.33 bits per heavy atom. The molecule has 0 fully saturated rings. The normalized spacial score (nSPS) is 34.3. The summed E-state index contributed by atoms with van der Waals surface area (Å²) in [5.74, 6) is 1.32. The Morgan fingerprint density at radius 2 is 2.00 bits per heavy atom. The van der Waals surface area contributed by atoms with Crippen LogP contribution in [0.25, 0.3) is 0 Å². The summed E-state index contributed by atoms with van der Waals surface area (Å²) in [6.07, 6.45) is 6.61. The van der Waals surface area contributed by atoms with Crippen molar-refractivity contribution in [1.29, 1.82) is 0 Å². The molecule has 1 heteroatoms. The highest BCUT2D eigenvalue weighted by atomic mass is 16.1. The van der Waals surface area contributed by atoms with Gasteiger partial charge in [-0.2, -0.15) is 0 Å². The fourth-order valence-corrected chi connectivity index (χ4v) is 2.96. The van der Waals surface area contributed by atoms with Gasteiger partial charge in [-0.15, -0.1) is 0 Å². The van der Waals surface area contributed by atoms with Gasteiger partial charge in [0, 0.05) is 5.41 Å². The summed E-state index contributed by atoms with van der Waals surface area (Å²) in [7, 11) is 0. The van der Waals surface area contributed by atoms with E-state index in [2.05, 4.69) is 33.8 Å². The zero-order chi connectivity index (χ0) is 11.2. The molecule has 0 heterocycles. The van der Waals surface area contributed by atoms with E-state index in [4.69, 9.17) is 0 Å². The molecule has 0 bridgehead atoms. The number of hydrogen-bond acceptors (Lipinski definition) is 1. The van der Waals surface area contributed by atoms with Crippen LogP contribution in [0.3, 0.4) is 0 Å². The zero-order valence-corrected chi connectivity index (χ0v) is 10.1. The highest BCUT2D eigenvalue weighted by molar-refractivity contribution is 5.96. The molecule has 0 aliphatic heterocycles. The summed E-state index contributed by atoms with van der Waals surface area (Å²) < 4.78 is 0. The van der Waals surface area contributed by atoms with Gasteiger partial charge in [-0.1, -0.05) is 31.1 Å². The molecule has 2 aliphatic carbocycles. The molecule has 1 nitrogen and oxygen atoms in total. The van der Waals surface area contributed by atoms with Crippen LogP contribution in [0, 0.1) is 17.3 Å². The summed E-state index contributed by atoms with van der Waals surface area (Å²) in [6, 6.07) is 0. The number of fused-ring (bicyclic) bond motifs is 1. The van der Waals surface area contributed by atoms with E-state index in [9.17, 15) is 4.79 Å². The van der Waals surface area contributed by atoms with Crippen molar-refractivity contribution < 1.29 is 4.79 Å². The first-order valence-corrected chi connectivity index (χ1v) is 5.83. The first-order valence-electron chi connectivity index (χ1n) is 5.83. The summed E-state index contributed by atoms with van der Waals surface area (Å²) in [6.45, 7) is 8.47. The minimum atomic E-state index is -0.203. The molecule has 2 atom stereocenters. The monoisotopic (exact) mass is 204 g/mol. The third-order valence-corrected chi connectivity index (χ3v) is 4.16.